The molecule has 2 aromatic heterocycles. The van der Waals surface area contributed by atoms with Crippen LogP contribution in [-0.2, 0) is 23.2 Å². The number of rotatable bonds is 7. The van der Waals surface area contributed by atoms with Crippen molar-refractivity contribution in [3.8, 4) is 11.3 Å². The molecule has 2 amide bonds. The second-order valence-corrected chi connectivity index (χ2v) is 9.47. The molecule has 0 unspecified atom stereocenters. The van der Waals surface area contributed by atoms with E-state index < -0.39 is 0 Å². The highest BCUT2D eigenvalue weighted by Gasteiger charge is 2.28. The minimum Gasteiger partial charge on any atom is -0.354 e. The van der Waals surface area contributed by atoms with E-state index in [0.717, 1.165) is 35.1 Å². The molecular formula is C26H34N6O2. The second kappa shape index (κ2) is 10.0. The number of anilines is 1. The SMILES string of the molecule is Cn1cc(-c2cc3n(n2)CCC(=O)N3CC(=O)NCCCN2CCCCCC2)c2ccccc21. The Kier molecular flexibility index (Phi) is 6.67. The fourth-order valence-electron chi connectivity index (χ4n) is 5.19. The number of benzene rings is 1. The third kappa shape index (κ3) is 4.73. The van der Waals surface area contributed by atoms with Gasteiger partial charge >= 0.3 is 0 Å². The summed E-state index contributed by atoms with van der Waals surface area (Å²) >= 11 is 0. The van der Waals surface area contributed by atoms with Gasteiger partial charge in [-0.2, -0.15) is 5.10 Å². The van der Waals surface area contributed by atoms with Crippen molar-refractivity contribution in [2.75, 3.05) is 37.6 Å². The second-order valence-electron chi connectivity index (χ2n) is 9.47. The van der Waals surface area contributed by atoms with Crippen LogP contribution in [0.15, 0.2) is 36.5 Å². The van der Waals surface area contributed by atoms with Crippen molar-refractivity contribution >= 4 is 28.5 Å². The normalized spacial score (nSPS) is 17.1. The predicted molar refractivity (Wildman–Crippen MR) is 134 cm³/mol. The summed E-state index contributed by atoms with van der Waals surface area (Å²) in [4.78, 5) is 29.5. The van der Waals surface area contributed by atoms with Gasteiger partial charge in [-0.1, -0.05) is 31.0 Å². The van der Waals surface area contributed by atoms with Gasteiger partial charge in [0.2, 0.25) is 11.8 Å². The zero-order valence-electron chi connectivity index (χ0n) is 20.0. The summed E-state index contributed by atoms with van der Waals surface area (Å²) in [6.07, 6.45) is 8.57. The molecule has 1 aromatic carbocycles. The molecule has 5 rings (SSSR count). The molecule has 4 heterocycles. The Morgan fingerprint density at radius 1 is 1.09 bits per heavy atom. The molecule has 0 aliphatic carbocycles. The monoisotopic (exact) mass is 462 g/mol. The van der Waals surface area contributed by atoms with Crippen LogP contribution in [-0.4, -0.2) is 63.8 Å². The number of likely N-dealkylation sites (tertiary alicyclic amines) is 1. The van der Waals surface area contributed by atoms with Gasteiger partial charge in [0.25, 0.3) is 0 Å². The first-order chi connectivity index (χ1) is 16.6. The summed E-state index contributed by atoms with van der Waals surface area (Å²) in [5, 5.41) is 8.92. The van der Waals surface area contributed by atoms with Crippen molar-refractivity contribution in [3.63, 3.8) is 0 Å². The minimum atomic E-state index is -0.120. The zero-order valence-corrected chi connectivity index (χ0v) is 20.0. The highest BCUT2D eigenvalue weighted by Crippen LogP contribution is 2.33. The molecule has 0 radical (unpaired) electrons. The van der Waals surface area contributed by atoms with Gasteiger partial charge in [0, 0.05) is 48.7 Å². The van der Waals surface area contributed by atoms with Gasteiger partial charge in [-0.15, -0.1) is 0 Å². The van der Waals surface area contributed by atoms with Crippen molar-refractivity contribution in [1.82, 2.24) is 24.6 Å². The molecule has 1 fully saturated rings. The summed E-state index contributed by atoms with van der Waals surface area (Å²) in [7, 11) is 2.02. The number of amides is 2. The van der Waals surface area contributed by atoms with Crippen molar-refractivity contribution < 1.29 is 9.59 Å². The van der Waals surface area contributed by atoms with Crippen LogP contribution in [0.25, 0.3) is 22.2 Å². The minimum absolute atomic E-state index is 0.0309. The molecular weight excluding hydrogens is 428 g/mol. The van der Waals surface area contributed by atoms with E-state index in [1.807, 2.05) is 29.9 Å². The number of aryl methyl sites for hydroxylation is 2. The van der Waals surface area contributed by atoms with Crippen LogP contribution in [0.3, 0.4) is 0 Å². The fourth-order valence-corrected chi connectivity index (χ4v) is 5.19. The van der Waals surface area contributed by atoms with Crippen LogP contribution in [0, 0.1) is 0 Å². The fraction of sp³-hybridized carbons (Fsp3) is 0.500. The number of fused-ring (bicyclic) bond motifs is 2. The summed E-state index contributed by atoms with van der Waals surface area (Å²) in [5.74, 6) is 0.543. The first-order valence-electron chi connectivity index (χ1n) is 12.5. The number of hydrogen-bond acceptors (Lipinski definition) is 4. The Morgan fingerprint density at radius 2 is 1.88 bits per heavy atom. The molecule has 0 saturated carbocycles. The summed E-state index contributed by atoms with van der Waals surface area (Å²) in [5.41, 5.74) is 2.99. The lowest BCUT2D eigenvalue weighted by atomic mass is 10.1. The van der Waals surface area contributed by atoms with E-state index in [1.165, 1.54) is 38.8 Å². The maximum absolute atomic E-state index is 12.7. The Morgan fingerprint density at radius 3 is 2.71 bits per heavy atom. The highest BCUT2D eigenvalue weighted by atomic mass is 16.2. The largest absolute Gasteiger partial charge is 0.354 e. The maximum atomic E-state index is 12.7. The van der Waals surface area contributed by atoms with E-state index in [9.17, 15) is 9.59 Å². The number of carbonyl (C=O) groups is 2. The molecule has 2 aliphatic heterocycles. The number of nitrogens with zero attached hydrogens (tertiary/aromatic N) is 5. The molecule has 1 saturated heterocycles. The lowest BCUT2D eigenvalue weighted by molar-refractivity contribution is -0.124. The van der Waals surface area contributed by atoms with Crippen molar-refractivity contribution in [2.24, 2.45) is 7.05 Å². The number of aromatic nitrogens is 3. The van der Waals surface area contributed by atoms with Crippen LogP contribution >= 0.6 is 0 Å². The molecule has 0 bridgehead atoms. The summed E-state index contributed by atoms with van der Waals surface area (Å²) < 4.78 is 3.94. The third-order valence-electron chi connectivity index (χ3n) is 7.02. The van der Waals surface area contributed by atoms with Crippen molar-refractivity contribution in [2.45, 2.75) is 45.1 Å². The number of para-hydroxylation sites is 1. The van der Waals surface area contributed by atoms with Gasteiger partial charge in [-0.05, 0) is 45.0 Å². The average Bonchev–Trinajstić information content (AvgIpc) is 3.30. The average molecular weight is 463 g/mol. The van der Waals surface area contributed by atoms with Gasteiger partial charge in [-0.3, -0.25) is 14.5 Å². The zero-order chi connectivity index (χ0) is 23.5. The number of hydrogen-bond donors (Lipinski definition) is 1. The highest BCUT2D eigenvalue weighted by molar-refractivity contribution is 6.00. The van der Waals surface area contributed by atoms with E-state index in [0.29, 0.717) is 25.3 Å². The molecule has 2 aliphatic rings. The Hall–Kier alpha value is -3.13. The molecule has 3 aromatic rings. The molecule has 0 atom stereocenters. The first kappa shape index (κ1) is 22.7. The van der Waals surface area contributed by atoms with Gasteiger partial charge in [0.1, 0.15) is 12.4 Å². The van der Waals surface area contributed by atoms with Crippen molar-refractivity contribution in [1.29, 1.82) is 0 Å². The standard InChI is InChI=1S/C26H34N6O2/c1-29-18-21(20-9-4-5-10-23(20)29)22-17-25-31(26(34)11-16-32(25)28-22)19-24(33)27-12-8-15-30-13-6-2-3-7-14-30/h4-5,9-10,17-18H,2-3,6-8,11-16,19H2,1H3,(H,27,33). The lowest BCUT2D eigenvalue weighted by Gasteiger charge is -2.27. The van der Waals surface area contributed by atoms with Crippen LogP contribution < -0.4 is 10.2 Å². The Balaban J connectivity index is 1.23. The summed E-state index contributed by atoms with van der Waals surface area (Å²) in [6, 6.07) is 10.2. The molecule has 180 valence electrons. The van der Waals surface area contributed by atoms with Crippen LogP contribution in [0.2, 0.25) is 0 Å². The first-order valence-corrected chi connectivity index (χ1v) is 12.5. The Bertz CT molecular complexity index is 1170. The predicted octanol–water partition coefficient (Wildman–Crippen LogP) is 3.16. The van der Waals surface area contributed by atoms with E-state index >= 15 is 0 Å². The molecule has 1 N–H and O–H groups in total. The number of nitrogens with one attached hydrogen (secondary N) is 1. The lowest BCUT2D eigenvalue weighted by Crippen LogP contribution is -2.44. The van der Waals surface area contributed by atoms with Crippen LogP contribution in [0.5, 0.6) is 0 Å². The maximum Gasteiger partial charge on any atom is 0.240 e. The van der Waals surface area contributed by atoms with E-state index in [2.05, 4.69) is 33.1 Å². The Labute approximate surface area is 200 Å². The van der Waals surface area contributed by atoms with Gasteiger partial charge < -0.3 is 14.8 Å². The number of carbonyl (C=O) groups excluding carboxylic acids is 2. The smallest absolute Gasteiger partial charge is 0.240 e. The molecule has 34 heavy (non-hydrogen) atoms. The molecule has 0 spiro atoms. The van der Waals surface area contributed by atoms with E-state index in [4.69, 9.17) is 5.10 Å². The van der Waals surface area contributed by atoms with Gasteiger partial charge in [0.15, 0.2) is 0 Å². The molecule has 8 heteroatoms. The quantitative estimate of drug-likeness (QED) is 0.548. The third-order valence-corrected chi connectivity index (χ3v) is 7.02. The topological polar surface area (TPSA) is 75.4 Å². The van der Waals surface area contributed by atoms with Crippen molar-refractivity contribution in [3.05, 3.63) is 36.5 Å². The summed E-state index contributed by atoms with van der Waals surface area (Å²) in [6.45, 7) is 4.55. The molecule has 8 nitrogen and oxygen atoms in total. The van der Waals surface area contributed by atoms with Gasteiger partial charge in [0.05, 0.1) is 12.2 Å². The van der Waals surface area contributed by atoms with Gasteiger partial charge in [-0.25, -0.2) is 4.68 Å². The van der Waals surface area contributed by atoms with E-state index in [1.54, 1.807) is 4.90 Å². The van der Waals surface area contributed by atoms with Crippen LogP contribution in [0.1, 0.15) is 38.5 Å². The van der Waals surface area contributed by atoms with Crippen LogP contribution in [0.4, 0.5) is 5.82 Å². The van der Waals surface area contributed by atoms with E-state index in [-0.39, 0.29) is 18.4 Å².